The van der Waals surface area contributed by atoms with Gasteiger partial charge in [0.1, 0.15) is 5.56 Å². The van der Waals surface area contributed by atoms with Crippen molar-refractivity contribution >= 4 is 22.9 Å². The lowest BCUT2D eigenvalue weighted by molar-refractivity contribution is -0.385. The fourth-order valence-electron chi connectivity index (χ4n) is 1.72. The lowest BCUT2D eigenvalue weighted by Crippen LogP contribution is -2.26. The van der Waals surface area contributed by atoms with Crippen LogP contribution >= 0.6 is 11.3 Å². The van der Waals surface area contributed by atoms with Gasteiger partial charge in [0.2, 0.25) is 0 Å². The minimum absolute atomic E-state index is 0.242. The lowest BCUT2D eigenvalue weighted by Gasteiger charge is -2.06. The molecule has 0 aliphatic rings. The van der Waals surface area contributed by atoms with Crippen LogP contribution < -0.4 is 5.32 Å². The second kappa shape index (κ2) is 6.40. The van der Waals surface area contributed by atoms with Crippen LogP contribution in [0.25, 0.3) is 0 Å². The Morgan fingerprint density at radius 2 is 2.05 bits per heavy atom. The zero-order valence-corrected chi connectivity index (χ0v) is 11.5. The molecule has 0 radical (unpaired) electrons. The van der Waals surface area contributed by atoms with Crippen LogP contribution in [-0.4, -0.2) is 17.4 Å². The molecule has 0 bridgehead atoms. The molecule has 1 amide bonds. The summed E-state index contributed by atoms with van der Waals surface area (Å²) >= 11 is 1.51. The van der Waals surface area contributed by atoms with Gasteiger partial charge in [-0.3, -0.25) is 14.9 Å². The predicted molar refractivity (Wildman–Crippen MR) is 73.4 cm³/mol. The average Bonchev–Trinajstić information content (AvgIpc) is 2.94. The van der Waals surface area contributed by atoms with E-state index in [1.54, 1.807) is 0 Å². The van der Waals surface area contributed by atoms with Crippen LogP contribution in [0, 0.1) is 21.7 Å². The SMILES string of the molecule is O=C(NCCc1ccsc1)c1cc(F)c(F)cc1[N+](=O)[O-]. The van der Waals surface area contributed by atoms with Gasteiger partial charge in [-0.25, -0.2) is 8.78 Å². The molecule has 1 aromatic carbocycles. The molecule has 0 spiro atoms. The van der Waals surface area contributed by atoms with Gasteiger partial charge in [-0.1, -0.05) is 0 Å². The topological polar surface area (TPSA) is 72.2 Å². The first kappa shape index (κ1) is 15.0. The Labute approximate surface area is 122 Å². The van der Waals surface area contributed by atoms with Gasteiger partial charge in [0.05, 0.1) is 11.0 Å². The van der Waals surface area contributed by atoms with Crippen LogP contribution in [0.5, 0.6) is 0 Å². The quantitative estimate of drug-likeness (QED) is 0.681. The number of benzene rings is 1. The Balaban J connectivity index is 2.11. The van der Waals surface area contributed by atoms with Crippen LogP contribution in [0.4, 0.5) is 14.5 Å². The number of hydrogen-bond donors (Lipinski definition) is 1. The number of nitrogens with one attached hydrogen (secondary N) is 1. The van der Waals surface area contributed by atoms with Gasteiger partial charge in [-0.15, -0.1) is 0 Å². The molecule has 1 heterocycles. The van der Waals surface area contributed by atoms with Crippen LogP contribution in [-0.2, 0) is 6.42 Å². The minimum Gasteiger partial charge on any atom is -0.351 e. The molecule has 1 aromatic heterocycles. The Morgan fingerprint density at radius 3 is 2.67 bits per heavy atom. The van der Waals surface area contributed by atoms with Crippen LogP contribution in [0.2, 0.25) is 0 Å². The Morgan fingerprint density at radius 1 is 1.33 bits per heavy atom. The zero-order chi connectivity index (χ0) is 15.4. The summed E-state index contributed by atoms with van der Waals surface area (Å²) in [6, 6.07) is 2.83. The second-order valence-electron chi connectivity index (χ2n) is 4.18. The highest BCUT2D eigenvalue weighted by Crippen LogP contribution is 2.22. The standard InChI is InChI=1S/C13H10F2N2O3S/c14-10-5-9(12(17(19)20)6-11(10)15)13(18)16-3-1-8-2-4-21-7-8/h2,4-7H,1,3H2,(H,16,18). The van der Waals surface area contributed by atoms with Gasteiger partial charge in [-0.05, 0) is 34.9 Å². The van der Waals surface area contributed by atoms with Crippen molar-refractivity contribution in [2.75, 3.05) is 6.54 Å². The summed E-state index contributed by atoms with van der Waals surface area (Å²) in [5.74, 6) is -3.48. The molecular formula is C13H10F2N2O3S. The second-order valence-corrected chi connectivity index (χ2v) is 4.96. The molecule has 5 nitrogen and oxygen atoms in total. The summed E-state index contributed by atoms with van der Waals surface area (Å²) in [6.45, 7) is 0.242. The monoisotopic (exact) mass is 312 g/mol. The Bertz CT molecular complexity index is 674. The van der Waals surface area contributed by atoms with E-state index in [1.165, 1.54) is 11.3 Å². The molecule has 21 heavy (non-hydrogen) atoms. The van der Waals surface area contributed by atoms with E-state index in [0.29, 0.717) is 18.6 Å². The number of carbonyl (C=O) groups excluding carboxylic acids is 1. The third kappa shape index (κ3) is 3.60. The van der Waals surface area contributed by atoms with E-state index < -0.39 is 33.7 Å². The number of nitro groups is 1. The molecule has 0 saturated heterocycles. The van der Waals surface area contributed by atoms with E-state index >= 15 is 0 Å². The highest BCUT2D eigenvalue weighted by atomic mass is 32.1. The summed E-state index contributed by atoms with van der Waals surface area (Å²) in [6.07, 6.45) is 0.548. The summed E-state index contributed by atoms with van der Waals surface area (Å²) in [5, 5.41) is 17.0. The van der Waals surface area contributed by atoms with Crippen LogP contribution in [0.3, 0.4) is 0 Å². The largest absolute Gasteiger partial charge is 0.351 e. The molecule has 0 unspecified atom stereocenters. The summed E-state index contributed by atoms with van der Waals surface area (Å²) in [7, 11) is 0. The number of nitrogens with zero attached hydrogens (tertiary/aromatic N) is 1. The van der Waals surface area contributed by atoms with E-state index in [-0.39, 0.29) is 6.54 Å². The predicted octanol–water partition coefficient (Wildman–Crippen LogP) is 2.91. The number of halogens is 2. The van der Waals surface area contributed by atoms with E-state index in [0.717, 1.165) is 5.56 Å². The molecular weight excluding hydrogens is 302 g/mol. The first-order valence-electron chi connectivity index (χ1n) is 5.91. The molecule has 0 saturated carbocycles. The summed E-state index contributed by atoms with van der Waals surface area (Å²) < 4.78 is 26.2. The molecule has 2 aromatic rings. The zero-order valence-electron chi connectivity index (χ0n) is 10.6. The van der Waals surface area contributed by atoms with Crippen molar-refractivity contribution in [3.8, 4) is 0 Å². The Hall–Kier alpha value is -2.35. The normalized spacial score (nSPS) is 10.4. The number of amides is 1. The highest BCUT2D eigenvalue weighted by Gasteiger charge is 2.23. The van der Waals surface area contributed by atoms with Crippen LogP contribution in [0.15, 0.2) is 29.0 Å². The maximum Gasteiger partial charge on any atom is 0.285 e. The van der Waals surface area contributed by atoms with E-state index in [4.69, 9.17) is 0 Å². The van der Waals surface area contributed by atoms with Gasteiger partial charge in [-0.2, -0.15) is 11.3 Å². The molecule has 8 heteroatoms. The molecule has 0 aliphatic heterocycles. The maximum atomic E-state index is 13.2. The van der Waals surface area contributed by atoms with Crippen molar-refractivity contribution in [2.45, 2.75) is 6.42 Å². The number of thiophene rings is 1. The van der Waals surface area contributed by atoms with E-state index in [9.17, 15) is 23.7 Å². The first-order valence-corrected chi connectivity index (χ1v) is 6.86. The van der Waals surface area contributed by atoms with Crippen LogP contribution in [0.1, 0.15) is 15.9 Å². The summed E-state index contributed by atoms with van der Waals surface area (Å²) in [5.41, 5.74) is -0.244. The third-order valence-corrected chi connectivity index (χ3v) is 3.49. The van der Waals surface area contributed by atoms with Crippen molar-refractivity contribution in [2.24, 2.45) is 0 Å². The smallest absolute Gasteiger partial charge is 0.285 e. The van der Waals surface area contributed by atoms with Crippen molar-refractivity contribution in [1.29, 1.82) is 0 Å². The van der Waals surface area contributed by atoms with Gasteiger partial charge in [0.15, 0.2) is 11.6 Å². The van der Waals surface area contributed by atoms with E-state index in [2.05, 4.69) is 5.32 Å². The van der Waals surface area contributed by atoms with Gasteiger partial charge in [0, 0.05) is 6.54 Å². The fourth-order valence-corrected chi connectivity index (χ4v) is 2.42. The van der Waals surface area contributed by atoms with Crippen molar-refractivity contribution < 1.29 is 18.5 Å². The fraction of sp³-hybridized carbons (Fsp3) is 0.154. The summed E-state index contributed by atoms with van der Waals surface area (Å²) in [4.78, 5) is 21.7. The molecule has 0 atom stereocenters. The van der Waals surface area contributed by atoms with Crippen molar-refractivity contribution in [3.63, 3.8) is 0 Å². The number of nitro benzene ring substituents is 1. The van der Waals surface area contributed by atoms with Crippen molar-refractivity contribution in [3.05, 3.63) is 61.8 Å². The van der Waals surface area contributed by atoms with Gasteiger partial charge < -0.3 is 5.32 Å². The van der Waals surface area contributed by atoms with Gasteiger partial charge in [0.25, 0.3) is 11.6 Å². The first-order chi connectivity index (χ1) is 9.99. The lowest BCUT2D eigenvalue weighted by atomic mass is 10.1. The highest BCUT2D eigenvalue weighted by molar-refractivity contribution is 7.07. The molecule has 0 aliphatic carbocycles. The Kier molecular flexibility index (Phi) is 4.59. The molecule has 1 N–H and O–H groups in total. The maximum absolute atomic E-state index is 13.2. The molecule has 110 valence electrons. The van der Waals surface area contributed by atoms with Crippen molar-refractivity contribution in [1.82, 2.24) is 5.32 Å². The molecule has 0 fully saturated rings. The third-order valence-electron chi connectivity index (χ3n) is 2.76. The van der Waals surface area contributed by atoms with E-state index in [1.807, 2.05) is 16.8 Å². The number of hydrogen-bond acceptors (Lipinski definition) is 4. The average molecular weight is 312 g/mol. The molecule has 2 rings (SSSR count). The van der Waals surface area contributed by atoms with Gasteiger partial charge >= 0.3 is 0 Å². The number of carbonyl (C=O) groups is 1. The number of rotatable bonds is 5. The minimum atomic E-state index is -1.36.